The van der Waals surface area contributed by atoms with Crippen molar-refractivity contribution in [1.82, 2.24) is 10.1 Å². The third-order valence-corrected chi connectivity index (χ3v) is 3.35. The Morgan fingerprint density at radius 1 is 1.27 bits per heavy atom. The second-order valence-corrected chi connectivity index (χ2v) is 5.05. The zero-order valence-corrected chi connectivity index (χ0v) is 12.6. The number of hydrogen-bond acceptors (Lipinski definition) is 4. The van der Waals surface area contributed by atoms with Crippen molar-refractivity contribution < 1.29 is 19.2 Å². The van der Waals surface area contributed by atoms with Crippen LogP contribution in [0.2, 0.25) is 0 Å². The van der Waals surface area contributed by atoms with Crippen LogP contribution in [-0.2, 0) is 4.79 Å². The smallest absolute Gasteiger partial charge is 0.303 e. The molecule has 0 aliphatic carbocycles. The van der Waals surface area contributed by atoms with Crippen molar-refractivity contribution in [2.24, 2.45) is 0 Å². The molecule has 1 amide bonds. The van der Waals surface area contributed by atoms with E-state index >= 15 is 0 Å². The first kappa shape index (κ1) is 15.8. The van der Waals surface area contributed by atoms with Gasteiger partial charge in [0.15, 0.2) is 0 Å². The minimum Gasteiger partial charge on any atom is -0.481 e. The molecule has 1 aromatic carbocycles. The molecule has 0 unspecified atom stereocenters. The lowest BCUT2D eigenvalue weighted by atomic mass is 10.1. The molecule has 0 bridgehead atoms. The largest absolute Gasteiger partial charge is 0.481 e. The van der Waals surface area contributed by atoms with E-state index in [-0.39, 0.29) is 12.3 Å². The highest BCUT2D eigenvalue weighted by molar-refractivity contribution is 6.00. The van der Waals surface area contributed by atoms with Gasteiger partial charge in [-0.2, -0.15) is 0 Å². The Hall–Kier alpha value is -2.63. The third kappa shape index (κ3) is 3.52. The van der Waals surface area contributed by atoms with Gasteiger partial charge in [-0.15, -0.1) is 0 Å². The molecule has 1 N–H and O–H groups in total. The molecule has 0 fully saturated rings. The van der Waals surface area contributed by atoms with Crippen LogP contribution in [0.3, 0.4) is 0 Å². The highest BCUT2D eigenvalue weighted by Crippen LogP contribution is 2.26. The summed E-state index contributed by atoms with van der Waals surface area (Å²) in [6.45, 7) is 2.06. The topological polar surface area (TPSA) is 83.6 Å². The number of carboxylic acid groups (broad SMARTS) is 1. The van der Waals surface area contributed by atoms with Crippen LogP contribution in [0.15, 0.2) is 34.9 Å². The van der Waals surface area contributed by atoms with Crippen LogP contribution in [0.25, 0.3) is 11.3 Å². The van der Waals surface area contributed by atoms with E-state index in [1.807, 2.05) is 30.3 Å². The molecule has 22 heavy (non-hydrogen) atoms. The van der Waals surface area contributed by atoms with Gasteiger partial charge in [-0.1, -0.05) is 35.5 Å². The van der Waals surface area contributed by atoms with Crippen LogP contribution in [0, 0.1) is 6.92 Å². The number of carbonyl (C=O) groups is 2. The highest BCUT2D eigenvalue weighted by Gasteiger charge is 2.24. The number of aromatic nitrogens is 1. The van der Waals surface area contributed by atoms with Crippen LogP contribution < -0.4 is 0 Å². The van der Waals surface area contributed by atoms with Crippen molar-refractivity contribution in [3.63, 3.8) is 0 Å². The van der Waals surface area contributed by atoms with Crippen LogP contribution in [-0.4, -0.2) is 40.6 Å². The molecule has 1 heterocycles. The molecule has 0 saturated carbocycles. The molecule has 0 aliphatic rings. The average molecular weight is 302 g/mol. The monoisotopic (exact) mass is 302 g/mol. The lowest BCUT2D eigenvalue weighted by Crippen LogP contribution is -2.28. The van der Waals surface area contributed by atoms with E-state index in [1.54, 1.807) is 14.0 Å². The molecule has 0 spiro atoms. The van der Waals surface area contributed by atoms with Gasteiger partial charge in [0, 0.05) is 25.6 Å². The summed E-state index contributed by atoms with van der Waals surface area (Å²) in [5, 5.41) is 12.6. The number of benzene rings is 1. The molecule has 0 radical (unpaired) electrons. The van der Waals surface area contributed by atoms with Crippen LogP contribution in [0.4, 0.5) is 0 Å². The van der Waals surface area contributed by atoms with Crippen LogP contribution >= 0.6 is 0 Å². The molecule has 2 aromatic rings. The fourth-order valence-corrected chi connectivity index (χ4v) is 2.18. The number of aliphatic carboxylic acids is 1. The summed E-state index contributed by atoms with van der Waals surface area (Å²) in [6.07, 6.45) is 0.439. The minimum atomic E-state index is -0.869. The van der Waals surface area contributed by atoms with Crippen molar-refractivity contribution in [3.05, 3.63) is 41.7 Å². The summed E-state index contributed by atoms with van der Waals surface area (Å²) in [4.78, 5) is 24.6. The summed E-state index contributed by atoms with van der Waals surface area (Å²) in [7, 11) is 1.64. The Labute approximate surface area is 128 Å². The number of aryl methyl sites for hydroxylation is 1. The van der Waals surface area contributed by atoms with Gasteiger partial charge in [-0.3, -0.25) is 9.59 Å². The van der Waals surface area contributed by atoms with Crippen molar-refractivity contribution in [2.45, 2.75) is 19.8 Å². The van der Waals surface area contributed by atoms with E-state index in [0.29, 0.717) is 30.0 Å². The normalized spacial score (nSPS) is 10.5. The Morgan fingerprint density at radius 3 is 2.59 bits per heavy atom. The quantitative estimate of drug-likeness (QED) is 0.886. The van der Waals surface area contributed by atoms with Gasteiger partial charge in [0.25, 0.3) is 5.91 Å². The molecule has 0 aliphatic heterocycles. The molecule has 2 rings (SSSR count). The van der Waals surface area contributed by atoms with E-state index in [4.69, 9.17) is 9.63 Å². The predicted octanol–water partition coefficient (Wildman–Crippen LogP) is 2.59. The van der Waals surface area contributed by atoms with Gasteiger partial charge < -0.3 is 14.5 Å². The molecule has 116 valence electrons. The van der Waals surface area contributed by atoms with Gasteiger partial charge in [0.2, 0.25) is 0 Å². The number of carboxylic acids is 1. The Kier molecular flexibility index (Phi) is 4.93. The molecular formula is C16H18N2O4. The first-order chi connectivity index (χ1) is 10.5. The molecule has 1 aromatic heterocycles. The van der Waals surface area contributed by atoms with Crippen LogP contribution in [0.5, 0.6) is 0 Å². The average Bonchev–Trinajstić information content (AvgIpc) is 2.88. The number of hydrogen-bond donors (Lipinski definition) is 1. The number of rotatable bonds is 6. The van der Waals surface area contributed by atoms with E-state index < -0.39 is 5.97 Å². The van der Waals surface area contributed by atoms with Gasteiger partial charge in [-0.25, -0.2) is 0 Å². The zero-order valence-electron chi connectivity index (χ0n) is 12.6. The second-order valence-electron chi connectivity index (χ2n) is 5.05. The molecule has 6 nitrogen and oxygen atoms in total. The molecule has 0 saturated heterocycles. The molecular weight excluding hydrogens is 284 g/mol. The van der Waals surface area contributed by atoms with Crippen molar-refractivity contribution in [1.29, 1.82) is 0 Å². The van der Waals surface area contributed by atoms with E-state index in [2.05, 4.69) is 5.16 Å². The molecule has 0 atom stereocenters. The van der Waals surface area contributed by atoms with E-state index in [0.717, 1.165) is 5.56 Å². The van der Waals surface area contributed by atoms with E-state index in [1.165, 1.54) is 4.90 Å². The first-order valence-electron chi connectivity index (χ1n) is 6.99. The second kappa shape index (κ2) is 6.89. The van der Waals surface area contributed by atoms with Crippen molar-refractivity contribution in [2.75, 3.05) is 13.6 Å². The van der Waals surface area contributed by atoms with Gasteiger partial charge >= 0.3 is 5.97 Å². The highest BCUT2D eigenvalue weighted by atomic mass is 16.5. The minimum absolute atomic E-state index is 0.0335. The molecule has 6 heteroatoms. The third-order valence-electron chi connectivity index (χ3n) is 3.35. The Morgan fingerprint density at radius 2 is 1.95 bits per heavy atom. The van der Waals surface area contributed by atoms with Crippen LogP contribution in [0.1, 0.15) is 29.0 Å². The summed E-state index contributed by atoms with van der Waals surface area (Å²) in [5.74, 6) is -0.635. The Balaban J connectivity index is 2.19. The summed E-state index contributed by atoms with van der Waals surface area (Å²) < 4.78 is 5.17. The fourth-order valence-electron chi connectivity index (χ4n) is 2.18. The van der Waals surface area contributed by atoms with Crippen molar-refractivity contribution >= 4 is 11.9 Å². The summed E-state index contributed by atoms with van der Waals surface area (Å²) >= 11 is 0. The Bertz CT molecular complexity index is 664. The van der Waals surface area contributed by atoms with E-state index in [9.17, 15) is 9.59 Å². The van der Waals surface area contributed by atoms with Gasteiger partial charge in [-0.05, 0) is 13.3 Å². The summed E-state index contributed by atoms with van der Waals surface area (Å²) in [5.41, 5.74) is 1.74. The lowest BCUT2D eigenvalue weighted by molar-refractivity contribution is -0.137. The fraction of sp³-hybridized carbons (Fsp3) is 0.312. The van der Waals surface area contributed by atoms with Crippen molar-refractivity contribution in [3.8, 4) is 11.3 Å². The predicted molar refractivity (Wildman–Crippen MR) is 80.5 cm³/mol. The number of amides is 1. The summed E-state index contributed by atoms with van der Waals surface area (Å²) in [6, 6.07) is 9.33. The van der Waals surface area contributed by atoms with Gasteiger partial charge in [0.05, 0.1) is 0 Å². The first-order valence-corrected chi connectivity index (χ1v) is 6.99. The standard InChI is InChI=1S/C16H18N2O4/c1-11-14(16(21)18(2)10-6-9-13(19)20)15(17-22-11)12-7-4-3-5-8-12/h3-5,7-8H,6,9-10H2,1-2H3,(H,19,20). The number of carbonyl (C=O) groups excluding carboxylic acids is 1. The SMILES string of the molecule is Cc1onc(-c2ccccc2)c1C(=O)N(C)CCCC(=O)O. The maximum Gasteiger partial charge on any atom is 0.303 e. The zero-order chi connectivity index (χ0) is 16.1. The lowest BCUT2D eigenvalue weighted by Gasteiger charge is -2.16. The maximum absolute atomic E-state index is 12.6. The van der Waals surface area contributed by atoms with Gasteiger partial charge in [0.1, 0.15) is 17.0 Å². The maximum atomic E-state index is 12.6. The number of nitrogens with zero attached hydrogens (tertiary/aromatic N) is 2.